The van der Waals surface area contributed by atoms with Crippen LogP contribution in [0.1, 0.15) is 0 Å². The van der Waals surface area contributed by atoms with Crippen LogP contribution in [0.3, 0.4) is 0 Å². The molecule has 82 valence electrons. The minimum Gasteiger partial charge on any atom is -0.338 e. The molecule has 0 saturated heterocycles. The lowest BCUT2D eigenvalue weighted by molar-refractivity contribution is 0.628. The first kappa shape index (κ1) is 11.1. The number of benzene rings is 1. The minimum atomic E-state index is -0.387. The Morgan fingerprint density at radius 3 is 2.75 bits per heavy atom. The number of nitrogens with one attached hydrogen (secondary N) is 1. The summed E-state index contributed by atoms with van der Waals surface area (Å²) < 4.78 is 13.0. The van der Waals surface area contributed by atoms with Crippen LogP contribution >= 0.6 is 23.2 Å². The van der Waals surface area contributed by atoms with E-state index in [1.54, 1.807) is 0 Å². The van der Waals surface area contributed by atoms with Gasteiger partial charge in [0, 0.05) is 0 Å². The molecule has 1 aromatic carbocycles. The van der Waals surface area contributed by atoms with E-state index < -0.39 is 0 Å². The van der Waals surface area contributed by atoms with E-state index in [2.05, 4.69) is 15.3 Å². The van der Waals surface area contributed by atoms with Gasteiger partial charge in [0.15, 0.2) is 5.82 Å². The molecule has 6 heteroatoms. The SMILES string of the molecule is Fc1ccc(Cl)c(Nc2cncc(Cl)n2)c1. The molecule has 2 aromatic rings. The van der Waals surface area contributed by atoms with E-state index in [1.165, 1.54) is 30.6 Å². The summed E-state index contributed by atoms with van der Waals surface area (Å²) in [6.07, 6.45) is 2.87. The van der Waals surface area contributed by atoms with Gasteiger partial charge in [-0.2, -0.15) is 0 Å². The Hall–Kier alpha value is -1.39. The van der Waals surface area contributed by atoms with Crippen molar-refractivity contribution in [2.45, 2.75) is 0 Å². The first-order chi connectivity index (χ1) is 7.65. The van der Waals surface area contributed by atoms with Crippen LogP contribution < -0.4 is 5.32 Å². The highest BCUT2D eigenvalue weighted by atomic mass is 35.5. The summed E-state index contributed by atoms with van der Waals surface area (Å²) in [6.45, 7) is 0. The molecule has 0 amide bonds. The number of hydrogen-bond donors (Lipinski definition) is 1. The first-order valence-corrected chi connectivity index (χ1v) is 5.10. The second-order valence-electron chi connectivity index (χ2n) is 2.98. The molecule has 1 aromatic heterocycles. The van der Waals surface area contributed by atoms with E-state index in [9.17, 15) is 4.39 Å². The number of anilines is 2. The van der Waals surface area contributed by atoms with Gasteiger partial charge in [-0.15, -0.1) is 0 Å². The highest BCUT2D eigenvalue weighted by molar-refractivity contribution is 6.33. The zero-order chi connectivity index (χ0) is 11.5. The van der Waals surface area contributed by atoms with Crippen LogP contribution in [0.2, 0.25) is 10.2 Å². The molecule has 0 atom stereocenters. The predicted molar refractivity (Wildman–Crippen MR) is 61.7 cm³/mol. The Balaban J connectivity index is 2.30. The normalized spacial score (nSPS) is 10.2. The number of halogens is 3. The summed E-state index contributed by atoms with van der Waals surface area (Å²) in [6, 6.07) is 4.00. The highest BCUT2D eigenvalue weighted by Gasteiger charge is 2.03. The molecule has 0 unspecified atom stereocenters. The van der Waals surface area contributed by atoms with Gasteiger partial charge in [-0.05, 0) is 18.2 Å². The topological polar surface area (TPSA) is 37.8 Å². The summed E-state index contributed by atoms with van der Waals surface area (Å²) in [5.74, 6) is 0.0156. The molecule has 0 bridgehead atoms. The number of nitrogens with zero attached hydrogens (tertiary/aromatic N) is 2. The zero-order valence-corrected chi connectivity index (χ0v) is 9.43. The molecule has 3 nitrogen and oxygen atoms in total. The largest absolute Gasteiger partial charge is 0.338 e. The maximum absolute atomic E-state index is 13.0. The van der Waals surface area contributed by atoms with E-state index in [1.807, 2.05) is 0 Å². The van der Waals surface area contributed by atoms with Crippen LogP contribution in [0.4, 0.5) is 15.9 Å². The fraction of sp³-hybridized carbons (Fsp3) is 0. The van der Waals surface area contributed by atoms with Gasteiger partial charge in [-0.3, -0.25) is 4.98 Å². The van der Waals surface area contributed by atoms with Crippen LogP contribution in [0.15, 0.2) is 30.6 Å². The van der Waals surface area contributed by atoms with E-state index in [-0.39, 0.29) is 11.0 Å². The highest BCUT2D eigenvalue weighted by Crippen LogP contribution is 2.25. The van der Waals surface area contributed by atoms with Gasteiger partial charge in [0.25, 0.3) is 0 Å². The first-order valence-electron chi connectivity index (χ1n) is 4.35. The molecule has 16 heavy (non-hydrogen) atoms. The van der Waals surface area contributed by atoms with Gasteiger partial charge in [0.2, 0.25) is 0 Å². The molecule has 1 N–H and O–H groups in total. The summed E-state index contributed by atoms with van der Waals surface area (Å²) in [4.78, 5) is 7.79. The Kier molecular flexibility index (Phi) is 3.22. The van der Waals surface area contributed by atoms with E-state index in [0.717, 1.165) is 0 Å². The number of rotatable bonds is 2. The van der Waals surface area contributed by atoms with E-state index >= 15 is 0 Å². The minimum absolute atomic E-state index is 0.248. The monoisotopic (exact) mass is 257 g/mol. The van der Waals surface area contributed by atoms with Gasteiger partial charge in [-0.25, -0.2) is 9.37 Å². The Bertz CT molecular complexity index is 519. The van der Waals surface area contributed by atoms with Crippen molar-refractivity contribution in [1.29, 1.82) is 0 Å². The average molecular weight is 258 g/mol. The lowest BCUT2D eigenvalue weighted by atomic mass is 10.3. The van der Waals surface area contributed by atoms with Crippen molar-refractivity contribution in [3.05, 3.63) is 46.6 Å². The van der Waals surface area contributed by atoms with Gasteiger partial charge in [0.1, 0.15) is 11.0 Å². The summed E-state index contributed by atoms with van der Waals surface area (Å²) >= 11 is 11.5. The van der Waals surface area contributed by atoms with Crippen molar-refractivity contribution in [2.75, 3.05) is 5.32 Å². The summed E-state index contributed by atoms with van der Waals surface area (Å²) in [5.41, 5.74) is 0.415. The fourth-order valence-electron chi connectivity index (χ4n) is 1.13. The summed E-state index contributed by atoms with van der Waals surface area (Å²) in [7, 11) is 0. The predicted octanol–water partition coefficient (Wildman–Crippen LogP) is 3.67. The molecule has 0 aliphatic rings. The Morgan fingerprint density at radius 2 is 2.00 bits per heavy atom. The third kappa shape index (κ3) is 2.59. The Labute approximate surface area is 101 Å². The molecule has 0 radical (unpaired) electrons. The standard InChI is InChI=1S/C10H6Cl2FN3/c11-7-2-1-6(13)3-8(7)15-10-5-14-4-9(12)16-10/h1-5H,(H,15,16). The van der Waals surface area contributed by atoms with Crippen LogP contribution in [-0.4, -0.2) is 9.97 Å². The molecule has 0 aliphatic heterocycles. The summed E-state index contributed by atoms with van der Waals surface area (Å²) in [5, 5.41) is 3.46. The molecular weight excluding hydrogens is 252 g/mol. The van der Waals surface area contributed by atoms with Gasteiger partial charge < -0.3 is 5.32 Å². The molecule has 0 spiro atoms. The third-order valence-electron chi connectivity index (χ3n) is 1.80. The van der Waals surface area contributed by atoms with Gasteiger partial charge in [0.05, 0.1) is 23.1 Å². The van der Waals surface area contributed by atoms with Crippen molar-refractivity contribution >= 4 is 34.7 Å². The van der Waals surface area contributed by atoms with Gasteiger partial charge in [-0.1, -0.05) is 23.2 Å². The zero-order valence-electron chi connectivity index (χ0n) is 7.92. The molecular formula is C10H6Cl2FN3. The molecule has 0 fully saturated rings. The van der Waals surface area contributed by atoms with Crippen LogP contribution in [0, 0.1) is 5.82 Å². The fourth-order valence-corrected chi connectivity index (χ4v) is 1.45. The average Bonchev–Trinajstić information content (AvgIpc) is 2.24. The molecule has 1 heterocycles. The van der Waals surface area contributed by atoms with E-state index in [4.69, 9.17) is 23.2 Å². The van der Waals surface area contributed by atoms with Crippen LogP contribution in [-0.2, 0) is 0 Å². The maximum atomic E-state index is 13.0. The van der Waals surface area contributed by atoms with Crippen molar-refractivity contribution in [2.24, 2.45) is 0 Å². The van der Waals surface area contributed by atoms with Crippen molar-refractivity contribution in [1.82, 2.24) is 9.97 Å². The van der Waals surface area contributed by atoms with E-state index in [0.29, 0.717) is 16.5 Å². The smallest absolute Gasteiger partial charge is 0.150 e. The lowest BCUT2D eigenvalue weighted by Gasteiger charge is -2.07. The van der Waals surface area contributed by atoms with Crippen molar-refractivity contribution in [3.63, 3.8) is 0 Å². The van der Waals surface area contributed by atoms with Crippen molar-refractivity contribution in [3.8, 4) is 0 Å². The lowest BCUT2D eigenvalue weighted by Crippen LogP contribution is -1.95. The van der Waals surface area contributed by atoms with Gasteiger partial charge >= 0.3 is 0 Å². The molecule has 0 aliphatic carbocycles. The quantitative estimate of drug-likeness (QED) is 0.893. The number of hydrogen-bond acceptors (Lipinski definition) is 3. The van der Waals surface area contributed by atoms with Crippen LogP contribution in [0.25, 0.3) is 0 Å². The molecule has 2 rings (SSSR count). The molecule has 0 saturated carbocycles. The Morgan fingerprint density at radius 1 is 1.19 bits per heavy atom. The van der Waals surface area contributed by atoms with Crippen LogP contribution in [0.5, 0.6) is 0 Å². The second kappa shape index (κ2) is 4.63. The third-order valence-corrected chi connectivity index (χ3v) is 2.31. The number of aromatic nitrogens is 2. The maximum Gasteiger partial charge on any atom is 0.150 e. The van der Waals surface area contributed by atoms with Crippen molar-refractivity contribution < 1.29 is 4.39 Å². The second-order valence-corrected chi connectivity index (χ2v) is 3.77.